The van der Waals surface area contributed by atoms with Crippen molar-refractivity contribution in [2.75, 3.05) is 23.8 Å². The van der Waals surface area contributed by atoms with Crippen LogP contribution in [0.3, 0.4) is 0 Å². The van der Waals surface area contributed by atoms with E-state index in [4.69, 9.17) is 0 Å². The summed E-state index contributed by atoms with van der Waals surface area (Å²) in [5, 5.41) is 2.01. The standard InChI is InChI=1S/C22H19F2N6OP/c1-32(2,31)17-8-5-14(6-9-17)19-13-26-20-21(27-19)30(29-28-20)22(23,24)16-7-10-18-15(12-16)4-3-11-25-18/h3-13,29H,1-2H3,(H,26,28). The Kier molecular flexibility index (Phi) is 4.69. The molecule has 0 spiro atoms. The molecule has 2 N–H and O–H groups in total. The average molecular weight is 452 g/mol. The first kappa shape index (κ1) is 20.5. The van der Waals surface area contributed by atoms with Crippen molar-refractivity contribution in [3.05, 3.63) is 72.6 Å². The van der Waals surface area contributed by atoms with Crippen LogP contribution in [0.1, 0.15) is 5.56 Å². The number of fused-ring (bicyclic) bond motifs is 2. The lowest BCUT2D eigenvalue weighted by Gasteiger charge is -2.27. The molecule has 4 aromatic rings. The van der Waals surface area contributed by atoms with Crippen LogP contribution in [0.5, 0.6) is 0 Å². The number of alkyl halides is 2. The van der Waals surface area contributed by atoms with Crippen LogP contribution in [-0.4, -0.2) is 28.3 Å². The lowest BCUT2D eigenvalue weighted by atomic mass is 10.1. The van der Waals surface area contributed by atoms with Crippen LogP contribution in [-0.2, 0) is 10.6 Å². The molecule has 2 aromatic heterocycles. The van der Waals surface area contributed by atoms with Gasteiger partial charge in [0, 0.05) is 28.0 Å². The summed E-state index contributed by atoms with van der Waals surface area (Å²) in [4.78, 5) is 12.8. The third kappa shape index (κ3) is 3.49. The molecule has 7 nitrogen and oxygen atoms in total. The van der Waals surface area contributed by atoms with Gasteiger partial charge in [-0.3, -0.25) is 10.4 Å². The van der Waals surface area contributed by atoms with Gasteiger partial charge in [0.05, 0.1) is 17.4 Å². The predicted octanol–water partition coefficient (Wildman–Crippen LogP) is 4.34. The number of nitrogens with one attached hydrogen (secondary N) is 2. The first-order chi connectivity index (χ1) is 15.2. The van der Waals surface area contributed by atoms with E-state index in [9.17, 15) is 4.57 Å². The van der Waals surface area contributed by atoms with Crippen LogP contribution in [0.25, 0.3) is 22.2 Å². The van der Waals surface area contributed by atoms with E-state index in [1.807, 2.05) is 0 Å². The van der Waals surface area contributed by atoms with Crippen LogP contribution in [0.2, 0.25) is 0 Å². The van der Waals surface area contributed by atoms with E-state index in [0.717, 1.165) is 5.30 Å². The van der Waals surface area contributed by atoms with Crippen LogP contribution in [0.15, 0.2) is 67.0 Å². The second kappa shape index (κ2) is 7.32. The molecule has 3 heterocycles. The fourth-order valence-electron chi connectivity index (χ4n) is 3.51. The fourth-order valence-corrected chi connectivity index (χ4v) is 4.38. The first-order valence-electron chi connectivity index (χ1n) is 9.81. The third-order valence-electron chi connectivity index (χ3n) is 5.27. The van der Waals surface area contributed by atoms with Crippen LogP contribution < -0.4 is 21.3 Å². The van der Waals surface area contributed by atoms with Gasteiger partial charge in [-0.25, -0.2) is 15.0 Å². The molecule has 1 aliphatic heterocycles. The minimum Gasteiger partial charge on any atom is -0.319 e. The summed E-state index contributed by atoms with van der Waals surface area (Å²) in [5.41, 5.74) is 6.65. The van der Waals surface area contributed by atoms with Gasteiger partial charge >= 0.3 is 6.05 Å². The highest BCUT2D eigenvalue weighted by Gasteiger charge is 2.45. The van der Waals surface area contributed by atoms with Gasteiger partial charge in [-0.2, -0.15) is 8.78 Å². The highest BCUT2D eigenvalue weighted by atomic mass is 31.2. The summed E-state index contributed by atoms with van der Waals surface area (Å²) in [6, 6.07) is 11.4. The Bertz CT molecular complexity index is 1370. The van der Waals surface area contributed by atoms with Gasteiger partial charge in [-0.15, -0.1) is 5.53 Å². The molecule has 0 bridgehead atoms. The highest BCUT2D eigenvalue weighted by Crippen LogP contribution is 2.40. The predicted molar refractivity (Wildman–Crippen MR) is 121 cm³/mol. The summed E-state index contributed by atoms with van der Waals surface area (Å²) in [7, 11) is -2.39. The maximum absolute atomic E-state index is 15.5. The van der Waals surface area contributed by atoms with Crippen molar-refractivity contribution in [2.45, 2.75) is 6.05 Å². The molecule has 2 aromatic carbocycles. The van der Waals surface area contributed by atoms with Gasteiger partial charge in [0.25, 0.3) is 0 Å². The monoisotopic (exact) mass is 452 g/mol. The fraction of sp³-hybridized carbons (Fsp3) is 0.136. The Morgan fingerprint density at radius 1 is 1.03 bits per heavy atom. The van der Waals surface area contributed by atoms with E-state index >= 15 is 8.78 Å². The normalized spacial score (nSPS) is 13.8. The molecular weight excluding hydrogens is 433 g/mol. The molecule has 0 radical (unpaired) electrons. The van der Waals surface area contributed by atoms with E-state index in [0.29, 0.717) is 27.2 Å². The number of pyridine rings is 1. The molecule has 0 saturated carbocycles. The van der Waals surface area contributed by atoms with Crippen molar-refractivity contribution in [3.63, 3.8) is 0 Å². The molecule has 0 aliphatic carbocycles. The van der Waals surface area contributed by atoms with E-state index in [1.165, 1.54) is 18.3 Å². The Labute approximate surface area is 182 Å². The van der Waals surface area contributed by atoms with Crippen LogP contribution >= 0.6 is 7.14 Å². The second-order valence-electron chi connectivity index (χ2n) is 7.85. The molecular formula is C22H19F2N6OP. The van der Waals surface area contributed by atoms with Crippen molar-refractivity contribution < 1.29 is 13.3 Å². The summed E-state index contributed by atoms with van der Waals surface area (Å²) >= 11 is 0. The molecule has 0 atom stereocenters. The first-order valence-corrected chi connectivity index (χ1v) is 12.4. The van der Waals surface area contributed by atoms with Crippen molar-refractivity contribution in [3.8, 4) is 11.3 Å². The van der Waals surface area contributed by atoms with E-state index in [-0.39, 0.29) is 17.2 Å². The van der Waals surface area contributed by atoms with Crippen molar-refractivity contribution in [1.29, 1.82) is 0 Å². The van der Waals surface area contributed by atoms with Crippen molar-refractivity contribution in [2.24, 2.45) is 0 Å². The van der Waals surface area contributed by atoms with E-state index < -0.39 is 13.2 Å². The summed E-state index contributed by atoms with van der Waals surface area (Å²) < 4.78 is 43.2. The van der Waals surface area contributed by atoms with E-state index in [1.54, 1.807) is 62.0 Å². The zero-order valence-electron chi connectivity index (χ0n) is 17.3. The van der Waals surface area contributed by atoms with E-state index in [2.05, 4.69) is 25.9 Å². The Morgan fingerprint density at radius 3 is 2.56 bits per heavy atom. The lowest BCUT2D eigenvalue weighted by molar-refractivity contribution is -0.0154. The zero-order chi connectivity index (χ0) is 22.5. The van der Waals surface area contributed by atoms with Gasteiger partial charge in [0.2, 0.25) is 0 Å². The van der Waals surface area contributed by atoms with Crippen molar-refractivity contribution in [1.82, 2.24) is 20.5 Å². The maximum Gasteiger partial charge on any atom is 0.368 e. The number of hydrogen-bond donors (Lipinski definition) is 2. The number of aromatic nitrogens is 3. The molecule has 0 saturated heterocycles. The number of hydrazine groups is 2. The number of rotatable bonds is 4. The van der Waals surface area contributed by atoms with Gasteiger partial charge in [-0.05, 0) is 37.6 Å². The minimum absolute atomic E-state index is 0.0282. The van der Waals surface area contributed by atoms with Crippen molar-refractivity contribution >= 4 is 35.0 Å². The molecule has 5 rings (SSSR count). The van der Waals surface area contributed by atoms with Crippen LogP contribution in [0, 0.1) is 0 Å². The van der Waals surface area contributed by atoms with Gasteiger partial charge < -0.3 is 4.57 Å². The summed E-state index contributed by atoms with van der Waals surface area (Å²) in [5.74, 6) is 0.165. The zero-order valence-corrected chi connectivity index (χ0v) is 18.1. The average Bonchev–Trinajstić information content (AvgIpc) is 3.22. The third-order valence-corrected chi connectivity index (χ3v) is 6.81. The number of hydrogen-bond acceptors (Lipinski definition) is 7. The number of anilines is 2. The number of halogens is 2. The Morgan fingerprint density at radius 2 is 1.81 bits per heavy atom. The molecule has 0 fully saturated rings. The quantitative estimate of drug-likeness (QED) is 0.352. The van der Waals surface area contributed by atoms with Crippen LogP contribution in [0.4, 0.5) is 20.4 Å². The molecule has 0 unspecified atom stereocenters. The smallest absolute Gasteiger partial charge is 0.319 e. The summed E-state index contributed by atoms with van der Waals surface area (Å²) in [6.45, 7) is 3.38. The minimum atomic E-state index is -3.42. The molecule has 162 valence electrons. The highest BCUT2D eigenvalue weighted by molar-refractivity contribution is 7.70. The second-order valence-corrected chi connectivity index (χ2v) is 11.1. The molecule has 1 aliphatic rings. The topological polar surface area (TPSA) is 83.0 Å². The molecule has 10 heteroatoms. The Balaban J connectivity index is 1.51. The molecule has 0 amide bonds. The summed E-state index contributed by atoms with van der Waals surface area (Å²) in [6.07, 6.45) is 3.12. The van der Waals surface area contributed by atoms with Gasteiger partial charge in [-0.1, -0.05) is 30.3 Å². The lowest BCUT2D eigenvalue weighted by Crippen LogP contribution is -2.47. The van der Waals surface area contributed by atoms with Gasteiger partial charge in [0.1, 0.15) is 7.14 Å². The number of nitrogens with zero attached hydrogens (tertiary/aromatic N) is 4. The SMILES string of the molecule is CP(C)(=O)c1ccc(-c2cnc3c(n2)N(C(F)(F)c2ccc4ncccc4c2)NN3)cc1. The maximum atomic E-state index is 15.5. The van der Waals surface area contributed by atoms with Gasteiger partial charge in [0.15, 0.2) is 11.6 Å². The molecule has 32 heavy (non-hydrogen) atoms. The largest absolute Gasteiger partial charge is 0.368 e. The number of benzene rings is 2. The Hall–Kier alpha value is -3.42.